The molecule has 290 valence electrons. The van der Waals surface area contributed by atoms with Gasteiger partial charge in [0.15, 0.2) is 18.2 Å². The highest BCUT2D eigenvalue weighted by Gasteiger charge is 2.31. The number of nitrogens with one attached hydrogen (secondary N) is 1. The zero-order valence-electron chi connectivity index (χ0n) is 29.5. The van der Waals surface area contributed by atoms with Crippen LogP contribution >= 0.6 is 42.3 Å². The number of anilines is 1. The number of ether oxygens (including phenoxy) is 2. The molecule has 4 N–H and O–H groups in total. The summed E-state index contributed by atoms with van der Waals surface area (Å²) in [5, 5.41) is 19.1. The number of carbonyl (C=O) groups excluding carboxylic acids is 1. The standard InChI is InChI=1S/C18H17FN4O2S.C8H6Cl2O3.C3H8NO5P.C3H9S/c1-4-5-22-13-7-12(11(19)6-14(13)25-9-16(22)24)20-17-23-10-18(2,3)8-15(23)21-26-17;1-13-7-5(10)3-2-4(9)6(7)8(11)12;5-3(6)1-4-2-10(7,8)9;1-4(2)3/h1,6-7H,5,8-10H2,2-3H3;2-3H,1H3,(H,11,12);4H,1-2H2,(H,5,6)(H2,7,8,9);1-3H3/q;;;+1/p-1/b20-17-;;;. The maximum atomic E-state index is 14.5. The Bertz CT molecular complexity index is 1960. The van der Waals surface area contributed by atoms with Crippen molar-refractivity contribution in [2.75, 3.05) is 56.8 Å². The maximum absolute atomic E-state index is 14.5. The maximum Gasteiger partial charge on any atom is 0.341 e. The Morgan fingerprint density at radius 2 is 1.89 bits per heavy atom. The smallest absolute Gasteiger partial charge is 0.341 e. The summed E-state index contributed by atoms with van der Waals surface area (Å²) < 4.78 is 41.1. The van der Waals surface area contributed by atoms with Gasteiger partial charge in [0, 0.05) is 30.6 Å². The number of terminal acetylenes is 1. The van der Waals surface area contributed by atoms with Crippen LogP contribution in [0.3, 0.4) is 0 Å². The summed E-state index contributed by atoms with van der Waals surface area (Å²) in [6.07, 6.45) is 12.1. The zero-order valence-corrected chi connectivity index (χ0v) is 33.6. The second-order valence-electron chi connectivity index (χ2n) is 12.2. The molecule has 3 aromatic rings. The van der Waals surface area contributed by atoms with Gasteiger partial charge < -0.3 is 38.6 Å². The lowest BCUT2D eigenvalue weighted by Gasteiger charge is -2.28. The molecule has 53 heavy (non-hydrogen) atoms. The van der Waals surface area contributed by atoms with Gasteiger partial charge in [-0.2, -0.15) is 4.37 Å². The third kappa shape index (κ3) is 14.3. The Kier molecular flexibility index (Phi) is 17.3. The van der Waals surface area contributed by atoms with Gasteiger partial charge in [-0.05, 0) is 34.5 Å². The topological polar surface area (TPSA) is 216 Å². The molecule has 0 radical (unpaired) electrons. The predicted molar refractivity (Wildman–Crippen MR) is 201 cm³/mol. The van der Waals surface area contributed by atoms with Crippen LogP contribution in [0.1, 0.15) is 30.0 Å². The minimum atomic E-state index is -4.35. The summed E-state index contributed by atoms with van der Waals surface area (Å²) >= 11 is 12.6. The van der Waals surface area contributed by atoms with E-state index >= 15 is 0 Å². The number of aromatic nitrogens is 2. The summed E-state index contributed by atoms with van der Waals surface area (Å²) in [5.41, 5.74) is 0.564. The van der Waals surface area contributed by atoms with Gasteiger partial charge in [-0.15, -0.1) is 6.42 Å². The highest BCUT2D eigenvalue weighted by molar-refractivity contribution is 7.94. The molecule has 1 atom stereocenters. The number of methoxy groups -OCH3 is 1. The molecule has 0 fully saturated rings. The summed E-state index contributed by atoms with van der Waals surface area (Å²) in [7, 11) is -2.37. The van der Waals surface area contributed by atoms with Crippen molar-refractivity contribution in [2.24, 2.45) is 10.4 Å². The molecule has 15 nitrogen and oxygen atoms in total. The van der Waals surface area contributed by atoms with Crippen molar-refractivity contribution in [1.82, 2.24) is 14.3 Å². The van der Waals surface area contributed by atoms with Gasteiger partial charge in [-0.3, -0.25) is 19.8 Å². The number of carboxylic acid groups (broad SMARTS) is 2. The number of fused-ring (bicyclic) bond motifs is 2. The van der Waals surface area contributed by atoms with Gasteiger partial charge in [0.25, 0.3) is 5.91 Å². The highest BCUT2D eigenvalue weighted by atomic mass is 35.5. The van der Waals surface area contributed by atoms with E-state index in [1.165, 1.54) is 47.8 Å². The first-order chi connectivity index (χ1) is 24.6. The number of rotatable bonds is 8. The van der Waals surface area contributed by atoms with Crippen LogP contribution in [-0.2, 0) is 38.0 Å². The van der Waals surface area contributed by atoms with Gasteiger partial charge in [0.1, 0.15) is 30.4 Å². The zero-order chi connectivity index (χ0) is 40.3. The van der Waals surface area contributed by atoms with Crippen LogP contribution in [0.4, 0.5) is 15.8 Å². The number of carbonyl (C=O) groups is 3. The van der Waals surface area contributed by atoms with Crippen molar-refractivity contribution in [1.29, 1.82) is 0 Å². The molecular formula is C32H39Cl2FN5O10PS2. The normalized spacial score (nSPS) is 15.1. The van der Waals surface area contributed by atoms with Crippen LogP contribution in [0, 0.1) is 23.6 Å². The molecule has 0 aliphatic carbocycles. The molecule has 3 heterocycles. The molecule has 2 aromatic carbocycles. The number of aromatic carboxylic acids is 1. The van der Waals surface area contributed by atoms with E-state index in [1.807, 2.05) is 9.88 Å². The lowest BCUT2D eigenvalue weighted by Crippen LogP contribution is -2.39. The van der Waals surface area contributed by atoms with E-state index in [0.717, 1.165) is 18.8 Å². The first kappa shape index (κ1) is 45.5. The lowest BCUT2D eigenvalue weighted by atomic mass is 9.92. The Hall–Kier alpha value is -3.66. The number of hydrogen-bond acceptors (Lipinski definition) is 11. The van der Waals surface area contributed by atoms with Gasteiger partial charge in [-0.1, -0.05) is 43.0 Å². The van der Waals surface area contributed by atoms with Crippen LogP contribution in [0.2, 0.25) is 10.0 Å². The minimum Gasteiger partial charge on any atom is -0.778 e. The number of aliphatic carboxylic acids is 1. The molecule has 1 amide bonds. The van der Waals surface area contributed by atoms with Crippen LogP contribution in [0.25, 0.3) is 0 Å². The molecule has 1 aromatic heterocycles. The summed E-state index contributed by atoms with van der Waals surface area (Å²) in [6.45, 7) is 4.57. The number of amides is 1. The van der Waals surface area contributed by atoms with E-state index in [0.29, 0.717) is 27.1 Å². The summed E-state index contributed by atoms with van der Waals surface area (Å²) in [5.74, 6) is 0.672. The molecular weight excluding hydrogens is 799 g/mol. The van der Waals surface area contributed by atoms with E-state index in [9.17, 15) is 28.2 Å². The van der Waals surface area contributed by atoms with Gasteiger partial charge in [-0.25, -0.2) is 14.2 Å². The van der Waals surface area contributed by atoms with E-state index in [-0.39, 0.29) is 51.5 Å². The number of carboxylic acids is 2. The van der Waals surface area contributed by atoms with Crippen molar-refractivity contribution in [3.8, 4) is 23.8 Å². The second kappa shape index (κ2) is 20.1. The molecule has 2 aliphatic rings. The van der Waals surface area contributed by atoms with Crippen LogP contribution in [0.5, 0.6) is 11.5 Å². The molecule has 0 saturated carbocycles. The van der Waals surface area contributed by atoms with Gasteiger partial charge in [0.05, 0.1) is 61.0 Å². The van der Waals surface area contributed by atoms with Crippen molar-refractivity contribution in [3.63, 3.8) is 0 Å². The number of halogens is 3. The van der Waals surface area contributed by atoms with Gasteiger partial charge in [0.2, 0.25) is 4.80 Å². The van der Waals surface area contributed by atoms with E-state index < -0.39 is 38.2 Å². The molecule has 21 heteroatoms. The van der Waals surface area contributed by atoms with Gasteiger partial charge >= 0.3 is 11.9 Å². The Morgan fingerprint density at radius 1 is 1.26 bits per heavy atom. The van der Waals surface area contributed by atoms with Crippen molar-refractivity contribution in [2.45, 2.75) is 26.8 Å². The van der Waals surface area contributed by atoms with Crippen molar-refractivity contribution >= 4 is 82.4 Å². The van der Waals surface area contributed by atoms with Crippen LogP contribution in [0.15, 0.2) is 29.3 Å². The second-order valence-corrected chi connectivity index (χ2v) is 17.8. The first-order valence-corrected chi connectivity index (χ1v) is 20.8. The highest BCUT2D eigenvalue weighted by Crippen LogP contribution is 2.38. The fourth-order valence-electron chi connectivity index (χ4n) is 4.48. The van der Waals surface area contributed by atoms with E-state index in [1.54, 1.807) is 0 Å². The quantitative estimate of drug-likeness (QED) is 0.146. The summed E-state index contributed by atoms with van der Waals surface area (Å²) in [4.78, 5) is 57.1. The minimum absolute atomic E-state index is 0.0849. The Balaban J connectivity index is 0.000000301. The largest absolute Gasteiger partial charge is 0.778 e. The van der Waals surface area contributed by atoms with Crippen LogP contribution < -0.4 is 29.4 Å². The van der Waals surface area contributed by atoms with Crippen molar-refractivity contribution < 1.29 is 52.8 Å². The monoisotopic (exact) mass is 837 g/mol. The molecule has 0 saturated heterocycles. The molecule has 2 aliphatic heterocycles. The first-order valence-electron chi connectivity index (χ1n) is 15.1. The fraction of sp³-hybridized carbons (Fsp3) is 0.406. The Labute approximate surface area is 322 Å². The molecule has 0 spiro atoms. The average Bonchev–Trinajstić information content (AvgIpc) is 3.54. The SMILES string of the molecule is C#CCN1C(=O)COc2cc(F)c(/N=c3\snc4n3CC(C)(C)C4)cc21.COc1c(Cl)ccc(Cl)c1C(=O)O.C[S+](C)C.O=C(O)CNCP(=O)([O-])O. The number of hydrogen-bond donors (Lipinski definition) is 4. The molecule has 5 rings (SSSR count). The lowest BCUT2D eigenvalue weighted by molar-refractivity contribution is -0.193. The summed E-state index contributed by atoms with van der Waals surface area (Å²) in [6, 6.07) is 5.65. The predicted octanol–water partition coefficient (Wildman–Crippen LogP) is 3.62. The fourth-order valence-corrected chi connectivity index (χ4v) is 6.10. The van der Waals surface area contributed by atoms with E-state index in [4.69, 9.17) is 54.2 Å². The number of benzene rings is 2. The molecule has 0 bridgehead atoms. The third-order valence-corrected chi connectivity index (χ3v) is 8.51. The van der Waals surface area contributed by atoms with Crippen LogP contribution in [-0.4, -0.2) is 93.8 Å². The number of nitrogens with zero attached hydrogens (tertiary/aromatic N) is 4. The average molecular weight is 839 g/mol. The van der Waals surface area contributed by atoms with Crippen molar-refractivity contribution in [3.05, 3.63) is 56.3 Å². The molecule has 1 unspecified atom stereocenters. The third-order valence-electron chi connectivity index (χ3n) is 6.50. The van der Waals surface area contributed by atoms with E-state index in [2.05, 4.69) is 47.9 Å². The Morgan fingerprint density at radius 3 is 2.42 bits per heavy atom.